The highest BCUT2D eigenvalue weighted by molar-refractivity contribution is 6.56. The molecule has 0 fully saturated rings. The van der Waals surface area contributed by atoms with E-state index >= 15 is 0 Å². The van der Waals surface area contributed by atoms with Gasteiger partial charge in [-0.3, -0.25) is 0 Å². The normalized spacial score (nSPS) is 10.1. The van der Waals surface area contributed by atoms with Gasteiger partial charge in [0.05, 0.1) is 25.4 Å². The zero-order valence-corrected chi connectivity index (χ0v) is 9.77. The van der Waals surface area contributed by atoms with Crippen LogP contribution in [0.15, 0.2) is 10.6 Å². The van der Waals surface area contributed by atoms with Gasteiger partial charge in [0.25, 0.3) is 0 Å². The summed E-state index contributed by atoms with van der Waals surface area (Å²) in [4.78, 5) is 10.8. The number of esters is 1. The van der Waals surface area contributed by atoms with E-state index in [9.17, 15) is 4.79 Å². The molecular formula is C9H14Cl2O3. The Labute approximate surface area is 94.0 Å². The number of hydrogen-bond acceptors (Lipinski definition) is 3. The summed E-state index contributed by atoms with van der Waals surface area (Å²) in [5.74, 6) is -0.533. The summed E-state index contributed by atoms with van der Waals surface area (Å²) in [6.45, 7) is 4.77. The second-order valence-electron chi connectivity index (χ2n) is 2.87. The molecule has 0 amide bonds. The van der Waals surface area contributed by atoms with Crippen LogP contribution in [0.3, 0.4) is 0 Å². The lowest BCUT2D eigenvalue weighted by Gasteiger charge is -2.06. The SMILES string of the molecule is CC(C)OCCCOC(=O)C=C(Cl)Cl. The molecule has 0 aliphatic heterocycles. The van der Waals surface area contributed by atoms with E-state index in [4.69, 9.17) is 32.7 Å². The van der Waals surface area contributed by atoms with E-state index in [-0.39, 0.29) is 10.6 Å². The second-order valence-corrected chi connectivity index (χ2v) is 3.88. The van der Waals surface area contributed by atoms with Crippen molar-refractivity contribution in [2.75, 3.05) is 13.2 Å². The van der Waals surface area contributed by atoms with Crippen LogP contribution in [0.5, 0.6) is 0 Å². The summed E-state index contributed by atoms with van der Waals surface area (Å²) < 4.78 is 9.91. The first kappa shape index (κ1) is 13.8. The van der Waals surface area contributed by atoms with E-state index in [2.05, 4.69) is 0 Å². The number of carbonyl (C=O) groups excluding carboxylic acids is 1. The van der Waals surface area contributed by atoms with Gasteiger partial charge in [-0.2, -0.15) is 0 Å². The molecule has 82 valence electrons. The minimum absolute atomic E-state index is 0.103. The van der Waals surface area contributed by atoms with Crippen molar-refractivity contribution in [3.63, 3.8) is 0 Å². The third-order valence-corrected chi connectivity index (χ3v) is 1.43. The molecular weight excluding hydrogens is 227 g/mol. The van der Waals surface area contributed by atoms with Crippen LogP contribution in [-0.4, -0.2) is 25.3 Å². The van der Waals surface area contributed by atoms with Crippen molar-refractivity contribution in [2.24, 2.45) is 0 Å². The third kappa shape index (κ3) is 9.84. The van der Waals surface area contributed by atoms with Crippen molar-refractivity contribution >= 4 is 29.2 Å². The maximum absolute atomic E-state index is 10.8. The topological polar surface area (TPSA) is 35.5 Å². The summed E-state index contributed by atoms with van der Waals surface area (Å²) in [5.41, 5.74) is 0. The van der Waals surface area contributed by atoms with E-state index in [1.165, 1.54) is 0 Å². The second kappa shape index (κ2) is 8.09. The van der Waals surface area contributed by atoms with Gasteiger partial charge < -0.3 is 9.47 Å². The molecule has 0 atom stereocenters. The van der Waals surface area contributed by atoms with E-state index in [1.807, 2.05) is 13.8 Å². The Morgan fingerprint density at radius 1 is 1.36 bits per heavy atom. The molecule has 0 heterocycles. The van der Waals surface area contributed by atoms with Gasteiger partial charge in [-0.1, -0.05) is 23.2 Å². The predicted octanol–water partition coefficient (Wildman–Crippen LogP) is 2.66. The van der Waals surface area contributed by atoms with Crippen LogP contribution < -0.4 is 0 Å². The van der Waals surface area contributed by atoms with Gasteiger partial charge in [-0.25, -0.2) is 4.79 Å². The minimum Gasteiger partial charge on any atom is -0.462 e. The first-order valence-corrected chi connectivity index (χ1v) is 5.09. The lowest BCUT2D eigenvalue weighted by molar-refractivity contribution is -0.138. The maximum Gasteiger partial charge on any atom is 0.333 e. The van der Waals surface area contributed by atoms with Crippen LogP contribution in [0, 0.1) is 0 Å². The fourth-order valence-electron chi connectivity index (χ4n) is 0.681. The highest BCUT2D eigenvalue weighted by atomic mass is 35.5. The molecule has 0 aromatic heterocycles. The average molecular weight is 241 g/mol. The molecule has 0 unspecified atom stereocenters. The molecule has 0 saturated heterocycles. The Bertz CT molecular complexity index is 198. The number of carbonyl (C=O) groups is 1. The van der Waals surface area contributed by atoms with Crippen molar-refractivity contribution < 1.29 is 14.3 Å². The fourth-order valence-corrected chi connectivity index (χ4v) is 0.860. The van der Waals surface area contributed by atoms with Crippen molar-refractivity contribution in [1.29, 1.82) is 0 Å². The monoisotopic (exact) mass is 240 g/mol. The van der Waals surface area contributed by atoms with Gasteiger partial charge in [0.1, 0.15) is 4.49 Å². The van der Waals surface area contributed by atoms with Crippen molar-refractivity contribution in [1.82, 2.24) is 0 Å². The van der Waals surface area contributed by atoms with Gasteiger partial charge in [-0.05, 0) is 13.8 Å². The van der Waals surface area contributed by atoms with Gasteiger partial charge in [-0.15, -0.1) is 0 Å². The van der Waals surface area contributed by atoms with Gasteiger partial charge >= 0.3 is 5.97 Å². The molecule has 0 saturated carbocycles. The van der Waals surface area contributed by atoms with Crippen LogP contribution in [0.4, 0.5) is 0 Å². The molecule has 0 aromatic carbocycles. The number of hydrogen-bond donors (Lipinski definition) is 0. The molecule has 0 N–H and O–H groups in total. The number of halogens is 2. The lowest BCUT2D eigenvalue weighted by atomic mass is 10.4. The molecule has 0 aromatic rings. The Hall–Kier alpha value is -0.250. The molecule has 0 spiro atoms. The minimum atomic E-state index is -0.533. The molecule has 0 radical (unpaired) electrons. The van der Waals surface area contributed by atoms with Crippen LogP contribution >= 0.6 is 23.2 Å². The van der Waals surface area contributed by atoms with Crippen LogP contribution in [0.2, 0.25) is 0 Å². The summed E-state index contributed by atoms with van der Waals surface area (Å²) in [7, 11) is 0. The van der Waals surface area contributed by atoms with Crippen LogP contribution in [0.25, 0.3) is 0 Å². The van der Waals surface area contributed by atoms with Crippen molar-refractivity contribution in [3.05, 3.63) is 10.6 Å². The van der Waals surface area contributed by atoms with E-state index in [1.54, 1.807) is 0 Å². The first-order chi connectivity index (χ1) is 6.52. The van der Waals surface area contributed by atoms with Crippen molar-refractivity contribution in [3.8, 4) is 0 Å². The summed E-state index contributed by atoms with van der Waals surface area (Å²) >= 11 is 10.5. The zero-order chi connectivity index (χ0) is 11.0. The molecule has 14 heavy (non-hydrogen) atoms. The molecule has 5 heteroatoms. The standard InChI is InChI=1S/C9H14Cl2O3/c1-7(2)13-4-3-5-14-9(12)6-8(10)11/h6-7H,3-5H2,1-2H3. The highest BCUT2D eigenvalue weighted by Gasteiger charge is 1.99. The van der Waals surface area contributed by atoms with Crippen LogP contribution in [-0.2, 0) is 14.3 Å². The molecule has 0 aliphatic carbocycles. The van der Waals surface area contributed by atoms with Gasteiger partial charge in [0, 0.05) is 6.42 Å². The largest absolute Gasteiger partial charge is 0.462 e. The third-order valence-electron chi connectivity index (χ3n) is 1.21. The Kier molecular flexibility index (Phi) is 7.95. The van der Waals surface area contributed by atoms with Crippen molar-refractivity contribution in [2.45, 2.75) is 26.4 Å². The first-order valence-electron chi connectivity index (χ1n) is 4.33. The number of rotatable bonds is 6. The Morgan fingerprint density at radius 2 is 2.00 bits per heavy atom. The predicted molar refractivity (Wildman–Crippen MR) is 56.5 cm³/mol. The Balaban J connectivity index is 3.37. The molecule has 0 bridgehead atoms. The summed E-state index contributed by atoms with van der Waals surface area (Å²) in [6, 6.07) is 0. The fraction of sp³-hybridized carbons (Fsp3) is 0.667. The summed E-state index contributed by atoms with van der Waals surface area (Å²) in [5, 5.41) is 0. The highest BCUT2D eigenvalue weighted by Crippen LogP contribution is 2.05. The number of ether oxygens (including phenoxy) is 2. The molecule has 3 nitrogen and oxygen atoms in total. The zero-order valence-electron chi connectivity index (χ0n) is 8.26. The van der Waals surface area contributed by atoms with Gasteiger partial charge in [0.2, 0.25) is 0 Å². The average Bonchev–Trinajstić information content (AvgIpc) is 2.01. The summed E-state index contributed by atoms with van der Waals surface area (Å²) in [6.07, 6.45) is 1.88. The molecule has 0 aliphatic rings. The van der Waals surface area contributed by atoms with Crippen LogP contribution in [0.1, 0.15) is 20.3 Å². The Morgan fingerprint density at radius 3 is 2.50 bits per heavy atom. The van der Waals surface area contributed by atoms with Gasteiger partial charge in [0.15, 0.2) is 0 Å². The molecule has 0 rings (SSSR count). The smallest absolute Gasteiger partial charge is 0.333 e. The maximum atomic E-state index is 10.8. The van der Waals surface area contributed by atoms with E-state index in [0.717, 1.165) is 6.08 Å². The lowest BCUT2D eigenvalue weighted by Crippen LogP contribution is -2.08. The quantitative estimate of drug-likeness (QED) is 0.407. The van der Waals surface area contributed by atoms with E-state index < -0.39 is 5.97 Å². The van der Waals surface area contributed by atoms with E-state index in [0.29, 0.717) is 19.6 Å².